The Bertz CT molecular complexity index is 125. The summed E-state index contributed by atoms with van der Waals surface area (Å²) in [5.41, 5.74) is -0.909. The number of hydrogen-bond donors (Lipinski definition) is 2. The van der Waals surface area contributed by atoms with E-state index in [1.54, 1.807) is 13.8 Å². The molecule has 3 nitrogen and oxygen atoms in total. The minimum atomic E-state index is -1.80. The van der Waals surface area contributed by atoms with Crippen LogP contribution in [0.15, 0.2) is 0 Å². The molecule has 9 heavy (non-hydrogen) atoms. The fourth-order valence-corrected chi connectivity index (χ4v) is 0.298. The molecule has 0 rings (SSSR count). The second-order valence-corrected chi connectivity index (χ2v) is 2.10. The smallest absolute Gasteiger partial charge is 0.402 e. The van der Waals surface area contributed by atoms with Crippen LogP contribution in [0.2, 0.25) is 0 Å². The van der Waals surface area contributed by atoms with E-state index < -0.39 is 12.9 Å². The van der Waals surface area contributed by atoms with Crippen molar-refractivity contribution in [2.75, 3.05) is 0 Å². The van der Waals surface area contributed by atoms with Crippen LogP contribution in [0.3, 0.4) is 0 Å². The lowest BCUT2D eigenvalue weighted by atomic mass is 10.1. The van der Waals surface area contributed by atoms with E-state index in [0.717, 1.165) is 0 Å². The average molecular weight is 128 g/mol. The van der Waals surface area contributed by atoms with Gasteiger partial charge in [0.25, 0.3) is 0 Å². The molecule has 2 N–H and O–H groups in total. The van der Waals surface area contributed by atoms with Gasteiger partial charge >= 0.3 is 7.32 Å². The SMILES string of the molecule is C#CC(C)(C)OB(O)O. The van der Waals surface area contributed by atoms with Gasteiger partial charge in [0, 0.05) is 0 Å². The van der Waals surface area contributed by atoms with Crippen molar-refractivity contribution in [3.05, 3.63) is 0 Å². The highest BCUT2D eigenvalue weighted by Crippen LogP contribution is 2.05. The molecule has 0 aromatic rings. The zero-order valence-electron chi connectivity index (χ0n) is 5.46. The van der Waals surface area contributed by atoms with Crippen LogP contribution in [0.4, 0.5) is 0 Å². The fraction of sp³-hybridized carbons (Fsp3) is 0.600. The van der Waals surface area contributed by atoms with Crippen LogP contribution < -0.4 is 0 Å². The normalized spacial score (nSPS) is 10.6. The van der Waals surface area contributed by atoms with Crippen molar-refractivity contribution < 1.29 is 14.7 Å². The third kappa shape index (κ3) is 4.04. The summed E-state index contributed by atoms with van der Waals surface area (Å²) in [6.45, 7) is 3.12. The molecule has 0 heterocycles. The summed E-state index contributed by atoms with van der Waals surface area (Å²) in [7, 11) is -1.80. The Labute approximate surface area is 54.8 Å². The van der Waals surface area contributed by atoms with Gasteiger partial charge in [0.05, 0.1) is 0 Å². The molecule has 50 valence electrons. The molecule has 4 heteroatoms. The van der Waals surface area contributed by atoms with E-state index in [1.165, 1.54) is 0 Å². The maximum Gasteiger partial charge on any atom is 0.635 e. The minimum Gasteiger partial charge on any atom is -0.402 e. The third-order valence-electron chi connectivity index (χ3n) is 0.748. The van der Waals surface area contributed by atoms with Gasteiger partial charge in [-0.1, -0.05) is 5.92 Å². The lowest BCUT2D eigenvalue weighted by molar-refractivity contribution is 0.0949. The molecule has 0 aliphatic rings. The summed E-state index contributed by atoms with van der Waals surface area (Å²) in [6.07, 6.45) is 4.96. The Morgan fingerprint density at radius 3 is 2.11 bits per heavy atom. The van der Waals surface area contributed by atoms with Crippen LogP contribution in [0.25, 0.3) is 0 Å². The summed E-state index contributed by atoms with van der Waals surface area (Å²) in [5, 5.41) is 16.5. The molecule has 0 radical (unpaired) electrons. The van der Waals surface area contributed by atoms with Crippen LogP contribution in [0, 0.1) is 12.3 Å². The molecule has 0 spiro atoms. The van der Waals surface area contributed by atoms with Gasteiger partial charge in [-0.15, -0.1) is 6.42 Å². The summed E-state index contributed by atoms with van der Waals surface area (Å²) >= 11 is 0. The molecular weight excluding hydrogens is 119 g/mol. The van der Waals surface area contributed by atoms with Gasteiger partial charge in [0.2, 0.25) is 0 Å². The second kappa shape index (κ2) is 2.88. The van der Waals surface area contributed by atoms with Gasteiger partial charge in [-0.2, -0.15) is 0 Å². The number of rotatable bonds is 2. The zero-order valence-corrected chi connectivity index (χ0v) is 5.46. The minimum absolute atomic E-state index is 0.909. The maximum atomic E-state index is 8.26. The van der Waals surface area contributed by atoms with Crippen LogP contribution in [-0.4, -0.2) is 23.0 Å². The van der Waals surface area contributed by atoms with E-state index in [-0.39, 0.29) is 0 Å². The van der Waals surface area contributed by atoms with Crippen LogP contribution in [-0.2, 0) is 4.65 Å². The monoisotopic (exact) mass is 128 g/mol. The molecule has 0 fully saturated rings. The van der Waals surface area contributed by atoms with Crippen molar-refractivity contribution in [3.8, 4) is 12.3 Å². The van der Waals surface area contributed by atoms with Crippen molar-refractivity contribution in [2.24, 2.45) is 0 Å². The van der Waals surface area contributed by atoms with Crippen LogP contribution >= 0.6 is 0 Å². The second-order valence-electron chi connectivity index (χ2n) is 2.10. The van der Waals surface area contributed by atoms with Crippen LogP contribution in [0.5, 0.6) is 0 Å². The van der Waals surface area contributed by atoms with Gasteiger partial charge in [0.15, 0.2) is 0 Å². The van der Waals surface area contributed by atoms with E-state index in [4.69, 9.17) is 16.5 Å². The predicted octanol–water partition coefficient (Wildman–Crippen LogP) is -0.616. The number of hydrogen-bond acceptors (Lipinski definition) is 3. The van der Waals surface area contributed by atoms with E-state index >= 15 is 0 Å². The Balaban J connectivity index is 3.76. The first-order valence-electron chi connectivity index (χ1n) is 2.49. The Hall–Kier alpha value is -0.495. The average Bonchev–Trinajstić information content (AvgIpc) is 1.63. The first-order valence-corrected chi connectivity index (χ1v) is 2.49. The van der Waals surface area contributed by atoms with Crippen molar-refractivity contribution >= 4 is 7.32 Å². The maximum absolute atomic E-state index is 8.26. The molecular formula is C5H9BO3. The van der Waals surface area contributed by atoms with E-state index in [9.17, 15) is 0 Å². The Morgan fingerprint density at radius 1 is 1.56 bits per heavy atom. The van der Waals surface area contributed by atoms with Gasteiger partial charge in [-0.25, -0.2) is 0 Å². The first-order chi connectivity index (χ1) is 3.98. The quantitative estimate of drug-likeness (QED) is 0.385. The molecule has 0 aliphatic carbocycles. The van der Waals surface area contributed by atoms with Crippen LogP contribution in [0.1, 0.15) is 13.8 Å². The lowest BCUT2D eigenvalue weighted by Gasteiger charge is -2.17. The molecule has 0 amide bonds. The fourth-order valence-electron chi connectivity index (χ4n) is 0.298. The van der Waals surface area contributed by atoms with Gasteiger partial charge in [0.1, 0.15) is 5.60 Å². The molecule has 0 saturated heterocycles. The topological polar surface area (TPSA) is 49.7 Å². The van der Waals surface area contributed by atoms with Crippen molar-refractivity contribution in [1.29, 1.82) is 0 Å². The summed E-state index contributed by atoms with van der Waals surface area (Å²) in [6, 6.07) is 0. The van der Waals surface area contributed by atoms with Gasteiger partial charge in [-0.05, 0) is 13.8 Å². The zero-order chi connectivity index (χ0) is 7.49. The van der Waals surface area contributed by atoms with E-state index in [2.05, 4.69) is 10.6 Å². The van der Waals surface area contributed by atoms with Gasteiger partial charge in [-0.3, -0.25) is 0 Å². The molecule has 0 atom stereocenters. The highest BCUT2D eigenvalue weighted by Gasteiger charge is 2.22. The standard InChI is InChI=1S/C5H9BO3/c1-4-5(2,3)9-6(7)8/h1,7-8H,2-3H3. The van der Waals surface area contributed by atoms with Crippen molar-refractivity contribution in [3.63, 3.8) is 0 Å². The summed E-state index contributed by atoms with van der Waals surface area (Å²) in [5.74, 6) is 2.23. The molecule has 0 aliphatic heterocycles. The summed E-state index contributed by atoms with van der Waals surface area (Å²) in [4.78, 5) is 0. The molecule has 0 aromatic heterocycles. The van der Waals surface area contributed by atoms with Gasteiger partial charge < -0.3 is 14.7 Å². The predicted molar refractivity (Wildman–Crippen MR) is 34.2 cm³/mol. The Kier molecular flexibility index (Phi) is 2.72. The lowest BCUT2D eigenvalue weighted by Crippen LogP contribution is -2.31. The molecule has 0 aromatic carbocycles. The largest absolute Gasteiger partial charge is 0.635 e. The summed E-state index contributed by atoms with van der Waals surface area (Å²) < 4.78 is 4.46. The first kappa shape index (κ1) is 8.50. The molecule has 0 unspecified atom stereocenters. The number of terminal acetylenes is 1. The third-order valence-corrected chi connectivity index (χ3v) is 0.748. The molecule has 0 bridgehead atoms. The Morgan fingerprint density at radius 2 is 2.00 bits per heavy atom. The van der Waals surface area contributed by atoms with E-state index in [0.29, 0.717) is 0 Å². The highest BCUT2D eigenvalue weighted by atomic mass is 16.6. The highest BCUT2D eigenvalue weighted by molar-refractivity contribution is 6.32. The van der Waals surface area contributed by atoms with Crippen molar-refractivity contribution in [2.45, 2.75) is 19.4 Å². The van der Waals surface area contributed by atoms with Crippen molar-refractivity contribution in [1.82, 2.24) is 0 Å². The van der Waals surface area contributed by atoms with E-state index in [1.807, 2.05) is 0 Å². The molecule has 0 saturated carbocycles.